The molecule has 0 aromatic heterocycles. The van der Waals surface area contributed by atoms with E-state index in [4.69, 9.17) is 4.74 Å². The van der Waals surface area contributed by atoms with Gasteiger partial charge < -0.3 is 20.7 Å². The van der Waals surface area contributed by atoms with Gasteiger partial charge in [0.15, 0.2) is 0 Å². The monoisotopic (exact) mass is 369 g/mol. The number of unbranched alkanes of at least 4 members (excludes halogenated alkanes) is 1. The molecule has 0 bridgehead atoms. The number of rotatable bonds is 10. The lowest BCUT2D eigenvalue weighted by Crippen LogP contribution is -2.23. The van der Waals surface area contributed by atoms with Gasteiger partial charge in [-0.2, -0.15) is 0 Å². The van der Waals surface area contributed by atoms with Crippen LogP contribution in [0.25, 0.3) is 0 Å². The molecule has 144 valence electrons. The van der Waals surface area contributed by atoms with Gasteiger partial charge in [0.25, 0.3) is 5.91 Å². The maximum atomic E-state index is 12.2. The number of ether oxygens (including phenoxy) is 1. The van der Waals surface area contributed by atoms with Crippen LogP contribution in [0.2, 0.25) is 0 Å². The Hall–Kier alpha value is -3.02. The molecule has 0 saturated heterocycles. The van der Waals surface area contributed by atoms with Crippen molar-refractivity contribution >= 4 is 23.2 Å². The zero-order chi connectivity index (χ0) is 19.5. The van der Waals surface area contributed by atoms with Crippen molar-refractivity contribution in [3.05, 3.63) is 54.1 Å². The average molecular weight is 369 g/mol. The fraction of sp³-hybridized carbons (Fsp3) is 0.333. The molecule has 0 radical (unpaired) electrons. The zero-order valence-electron chi connectivity index (χ0n) is 15.9. The van der Waals surface area contributed by atoms with Crippen molar-refractivity contribution in [3.63, 3.8) is 0 Å². The lowest BCUT2D eigenvalue weighted by Gasteiger charge is -2.13. The van der Waals surface area contributed by atoms with Crippen LogP contribution in [0, 0.1) is 0 Å². The summed E-state index contributed by atoms with van der Waals surface area (Å²) in [5, 5.41) is 8.65. The summed E-state index contributed by atoms with van der Waals surface area (Å²) < 4.78 is 5.75. The van der Waals surface area contributed by atoms with Crippen molar-refractivity contribution < 1.29 is 14.3 Å². The highest BCUT2D eigenvalue weighted by Gasteiger charge is 2.08. The number of hydrogen-bond acceptors (Lipinski definition) is 4. The molecule has 6 nitrogen and oxygen atoms in total. The van der Waals surface area contributed by atoms with Crippen LogP contribution in [0.3, 0.4) is 0 Å². The highest BCUT2D eigenvalue weighted by atomic mass is 16.5. The van der Waals surface area contributed by atoms with Crippen LogP contribution in [0.5, 0.6) is 5.75 Å². The van der Waals surface area contributed by atoms with Crippen LogP contribution in [0.15, 0.2) is 48.5 Å². The molecule has 6 heteroatoms. The second-order valence-electron chi connectivity index (χ2n) is 6.04. The molecule has 27 heavy (non-hydrogen) atoms. The van der Waals surface area contributed by atoms with Gasteiger partial charge in [-0.25, -0.2) is 0 Å². The first-order chi connectivity index (χ1) is 13.1. The molecule has 0 saturated carbocycles. The average Bonchev–Trinajstić information content (AvgIpc) is 2.68. The standard InChI is InChI=1S/C21H27N3O3/c1-3-5-14-27-19-9-7-6-8-18(19)23-15-20(25)24-17-12-10-16(11-13-17)21(26)22-4-2/h6-13,23H,3-5,14-15H2,1-2H3,(H,22,26)(H,24,25). The van der Waals surface area contributed by atoms with E-state index < -0.39 is 0 Å². The third-order valence-corrected chi connectivity index (χ3v) is 3.85. The van der Waals surface area contributed by atoms with Gasteiger partial charge in [0.2, 0.25) is 5.91 Å². The predicted molar refractivity (Wildman–Crippen MR) is 108 cm³/mol. The van der Waals surface area contributed by atoms with Gasteiger partial charge in [-0.15, -0.1) is 0 Å². The number of carbonyl (C=O) groups excluding carboxylic acids is 2. The molecule has 0 spiro atoms. The van der Waals surface area contributed by atoms with Gasteiger partial charge in [0.05, 0.1) is 18.8 Å². The smallest absolute Gasteiger partial charge is 0.251 e. The van der Waals surface area contributed by atoms with Crippen LogP contribution in [-0.2, 0) is 4.79 Å². The summed E-state index contributed by atoms with van der Waals surface area (Å²) in [7, 11) is 0. The van der Waals surface area contributed by atoms with Crippen molar-refractivity contribution in [1.82, 2.24) is 5.32 Å². The van der Waals surface area contributed by atoms with Crippen LogP contribution in [-0.4, -0.2) is 31.5 Å². The Balaban J connectivity index is 1.87. The Labute approximate surface area is 160 Å². The normalized spacial score (nSPS) is 10.1. The van der Waals surface area contributed by atoms with E-state index in [1.807, 2.05) is 31.2 Å². The number of benzene rings is 2. The molecule has 2 aromatic rings. The molecular weight excluding hydrogens is 342 g/mol. The third-order valence-electron chi connectivity index (χ3n) is 3.85. The predicted octanol–water partition coefficient (Wildman–Crippen LogP) is 3.67. The van der Waals surface area contributed by atoms with Crippen LogP contribution in [0.4, 0.5) is 11.4 Å². The quantitative estimate of drug-likeness (QED) is 0.558. The van der Waals surface area contributed by atoms with E-state index >= 15 is 0 Å². The molecule has 2 rings (SSSR count). The van der Waals surface area contributed by atoms with E-state index in [1.54, 1.807) is 24.3 Å². The molecule has 0 atom stereocenters. The van der Waals surface area contributed by atoms with E-state index in [0.29, 0.717) is 24.4 Å². The Morgan fingerprint density at radius 2 is 1.74 bits per heavy atom. The minimum atomic E-state index is -0.177. The summed E-state index contributed by atoms with van der Waals surface area (Å²) in [6.45, 7) is 5.32. The van der Waals surface area contributed by atoms with Gasteiger partial charge in [0.1, 0.15) is 5.75 Å². The molecule has 0 aliphatic carbocycles. The highest BCUT2D eigenvalue weighted by molar-refractivity contribution is 5.96. The molecule has 2 amide bonds. The number of nitrogens with one attached hydrogen (secondary N) is 3. The number of carbonyl (C=O) groups is 2. The number of amides is 2. The van der Waals surface area contributed by atoms with Crippen LogP contribution in [0.1, 0.15) is 37.0 Å². The van der Waals surface area contributed by atoms with E-state index in [-0.39, 0.29) is 18.4 Å². The second kappa shape index (κ2) is 10.9. The van der Waals surface area contributed by atoms with Gasteiger partial charge in [-0.05, 0) is 49.7 Å². The molecule has 0 aliphatic rings. The first kappa shape index (κ1) is 20.3. The lowest BCUT2D eigenvalue weighted by molar-refractivity contribution is -0.114. The molecule has 3 N–H and O–H groups in total. The van der Waals surface area contributed by atoms with Crippen LogP contribution >= 0.6 is 0 Å². The second-order valence-corrected chi connectivity index (χ2v) is 6.04. The van der Waals surface area contributed by atoms with E-state index in [0.717, 1.165) is 24.3 Å². The summed E-state index contributed by atoms with van der Waals surface area (Å²) >= 11 is 0. The van der Waals surface area contributed by atoms with Gasteiger partial charge in [0, 0.05) is 17.8 Å². The number of hydrogen-bond donors (Lipinski definition) is 3. The van der Waals surface area contributed by atoms with Crippen molar-refractivity contribution in [1.29, 1.82) is 0 Å². The summed E-state index contributed by atoms with van der Waals surface area (Å²) in [4.78, 5) is 23.9. The lowest BCUT2D eigenvalue weighted by atomic mass is 10.2. The highest BCUT2D eigenvalue weighted by Crippen LogP contribution is 2.23. The van der Waals surface area contributed by atoms with Crippen molar-refractivity contribution in [2.24, 2.45) is 0 Å². The Morgan fingerprint density at radius 1 is 1.00 bits per heavy atom. The number of anilines is 2. The molecule has 0 aliphatic heterocycles. The first-order valence-electron chi connectivity index (χ1n) is 9.27. The summed E-state index contributed by atoms with van der Waals surface area (Å²) in [5.74, 6) is 0.436. The molecule has 0 unspecified atom stereocenters. The Kier molecular flexibility index (Phi) is 8.16. The van der Waals surface area contributed by atoms with Crippen molar-refractivity contribution in [3.8, 4) is 5.75 Å². The molecular formula is C21H27N3O3. The maximum Gasteiger partial charge on any atom is 0.251 e. The van der Waals surface area contributed by atoms with Gasteiger partial charge in [-0.3, -0.25) is 9.59 Å². The van der Waals surface area contributed by atoms with E-state index in [1.165, 1.54) is 0 Å². The summed E-state index contributed by atoms with van der Waals surface area (Å²) in [5.41, 5.74) is 1.99. The third kappa shape index (κ3) is 6.66. The van der Waals surface area contributed by atoms with E-state index in [9.17, 15) is 9.59 Å². The van der Waals surface area contributed by atoms with Crippen molar-refractivity contribution in [2.45, 2.75) is 26.7 Å². The maximum absolute atomic E-state index is 12.2. The minimum absolute atomic E-state index is 0.117. The SMILES string of the molecule is CCCCOc1ccccc1NCC(=O)Nc1ccc(C(=O)NCC)cc1. The largest absolute Gasteiger partial charge is 0.491 e. The van der Waals surface area contributed by atoms with Crippen LogP contribution < -0.4 is 20.7 Å². The van der Waals surface area contributed by atoms with Gasteiger partial charge in [-0.1, -0.05) is 25.5 Å². The number of para-hydroxylation sites is 2. The summed E-state index contributed by atoms with van der Waals surface area (Å²) in [6.07, 6.45) is 2.05. The van der Waals surface area contributed by atoms with E-state index in [2.05, 4.69) is 22.9 Å². The summed E-state index contributed by atoms with van der Waals surface area (Å²) in [6, 6.07) is 14.4. The van der Waals surface area contributed by atoms with Gasteiger partial charge >= 0.3 is 0 Å². The van der Waals surface area contributed by atoms with Crippen molar-refractivity contribution in [2.75, 3.05) is 30.3 Å². The molecule has 2 aromatic carbocycles. The fourth-order valence-corrected chi connectivity index (χ4v) is 2.41. The fourth-order valence-electron chi connectivity index (χ4n) is 2.41. The zero-order valence-corrected chi connectivity index (χ0v) is 15.9. The Bertz CT molecular complexity index is 745. The topological polar surface area (TPSA) is 79.5 Å². The minimum Gasteiger partial charge on any atom is -0.491 e. The molecule has 0 fully saturated rings. The Morgan fingerprint density at radius 3 is 2.44 bits per heavy atom. The first-order valence-corrected chi connectivity index (χ1v) is 9.27. The molecule has 0 heterocycles.